The van der Waals surface area contributed by atoms with Crippen molar-refractivity contribution in [1.82, 2.24) is 4.31 Å². The third kappa shape index (κ3) is 3.42. The molecule has 1 aromatic carbocycles. The van der Waals surface area contributed by atoms with E-state index in [1.54, 1.807) is 0 Å². The zero-order chi connectivity index (χ0) is 18.1. The van der Waals surface area contributed by atoms with Crippen LogP contribution in [0.4, 0.5) is 0 Å². The highest BCUT2D eigenvalue weighted by molar-refractivity contribution is 8.14. The second kappa shape index (κ2) is 6.73. The maximum Gasteiger partial charge on any atom is 0.324 e. The summed E-state index contributed by atoms with van der Waals surface area (Å²) in [7, 11) is -2.55. The topological polar surface area (TPSA) is 101 Å². The van der Waals surface area contributed by atoms with Gasteiger partial charge in [-0.25, -0.2) is 8.42 Å². The molecule has 1 aliphatic rings. The predicted octanol–water partition coefficient (Wildman–Crippen LogP) is 1.58. The van der Waals surface area contributed by atoms with Crippen LogP contribution in [0.15, 0.2) is 29.2 Å². The van der Waals surface area contributed by atoms with Crippen LogP contribution in [0.25, 0.3) is 0 Å². The smallest absolute Gasteiger partial charge is 0.324 e. The Balaban J connectivity index is 2.41. The predicted molar refractivity (Wildman–Crippen MR) is 89.6 cm³/mol. The van der Waals surface area contributed by atoms with E-state index < -0.39 is 26.8 Å². The van der Waals surface area contributed by atoms with Gasteiger partial charge in [-0.3, -0.25) is 9.59 Å². The summed E-state index contributed by atoms with van der Waals surface area (Å²) in [5, 5.41) is 9.00. The van der Waals surface area contributed by atoms with Crippen molar-refractivity contribution < 1.29 is 27.9 Å². The second-order valence-corrected chi connectivity index (χ2v) is 9.07. The van der Waals surface area contributed by atoms with E-state index >= 15 is 0 Å². The first-order valence-corrected chi connectivity index (χ1v) is 9.51. The number of benzene rings is 1. The first kappa shape index (κ1) is 18.8. The molecule has 2 rings (SSSR count). The minimum absolute atomic E-state index is 0.00995. The van der Waals surface area contributed by atoms with Crippen LogP contribution < -0.4 is 4.74 Å². The number of carboxylic acid groups (broad SMARTS) is 1. The van der Waals surface area contributed by atoms with E-state index in [2.05, 4.69) is 0 Å². The lowest BCUT2D eigenvalue weighted by atomic mass is 10.0. The zero-order valence-electron chi connectivity index (χ0n) is 13.6. The molecule has 0 spiro atoms. The Morgan fingerprint density at radius 1 is 1.33 bits per heavy atom. The summed E-state index contributed by atoms with van der Waals surface area (Å²) in [5.41, 5.74) is -1.59. The van der Waals surface area contributed by atoms with Gasteiger partial charge in [0, 0.05) is 18.7 Å². The molecule has 0 amide bonds. The van der Waals surface area contributed by atoms with Gasteiger partial charge < -0.3 is 9.84 Å². The molecule has 1 aliphatic heterocycles. The monoisotopic (exact) mass is 373 g/mol. The van der Waals surface area contributed by atoms with E-state index in [1.807, 2.05) is 0 Å². The lowest BCUT2D eigenvalue weighted by molar-refractivity contribution is -0.146. The Morgan fingerprint density at radius 3 is 2.38 bits per heavy atom. The van der Waals surface area contributed by atoms with Crippen molar-refractivity contribution in [2.75, 3.05) is 13.7 Å². The third-order valence-electron chi connectivity index (χ3n) is 3.99. The summed E-state index contributed by atoms with van der Waals surface area (Å²) >= 11 is 0.975. The van der Waals surface area contributed by atoms with Crippen LogP contribution in [0.3, 0.4) is 0 Å². The van der Waals surface area contributed by atoms with Crippen LogP contribution in [0.2, 0.25) is 0 Å². The summed E-state index contributed by atoms with van der Waals surface area (Å²) in [6, 6.07) is 5.76. The van der Waals surface area contributed by atoms with Gasteiger partial charge in [0.2, 0.25) is 10.0 Å². The van der Waals surface area contributed by atoms with Gasteiger partial charge in [-0.1, -0.05) is 11.8 Å². The van der Waals surface area contributed by atoms with Crippen LogP contribution in [-0.4, -0.2) is 53.4 Å². The number of methoxy groups -OCH3 is 1. The molecule has 0 aromatic heterocycles. The molecule has 0 bridgehead atoms. The van der Waals surface area contributed by atoms with E-state index in [9.17, 15) is 23.1 Å². The number of carboxylic acids is 1. The number of hydrogen-bond acceptors (Lipinski definition) is 6. The Labute approximate surface area is 145 Å². The summed E-state index contributed by atoms with van der Waals surface area (Å²) in [4.78, 5) is 23.0. The normalized spacial score (nSPS) is 24.7. The Hall–Kier alpha value is -1.58. The second-order valence-electron chi connectivity index (χ2n) is 5.73. The van der Waals surface area contributed by atoms with Crippen molar-refractivity contribution in [3.63, 3.8) is 0 Å². The fraction of sp³-hybridized carbons (Fsp3) is 0.467. The standard InChI is InChI=1S/C15H19NO6S2/c1-10(17)23-12-8-15(2,14(18)19)16(9-12)24(20,21)13-6-4-11(22-3)5-7-13/h4-7,12H,8-9H2,1-3H3,(H,18,19). The van der Waals surface area contributed by atoms with E-state index in [0.29, 0.717) is 5.75 Å². The van der Waals surface area contributed by atoms with E-state index in [1.165, 1.54) is 45.2 Å². The maximum absolute atomic E-state index is 12.9. The van der Waals surface area contributed by atoms with Crippen LogP contribution in [0.5, 0.6) is 5.75 Å². The number of rotatable bonds is 5. The van der Waals surface area contributed by atoms with Crippen molar-refractivity contribution in [3.05, 3.63) is 24.3 Å². The highest BCUT2D eigenvalue weighted by Gasteiger charge is 2.53. The molecule has 0 radical (unpaired) electrons. The molecule has 1 fully saturated rings. The van der Waals surface area contributed by atoms with Gasteiger partial charge in [0.15, 0.2) is 5.12 Å². The fourth-order valence-corrected chi connectivity index (χ4v) is 5.73. The number of hydrogen-bond donors (Lipinski definition) is 1. The molecule has 1 aromatic rings. The molecule has 24 heavy (non-hydrogen) atoms. The molecule has 7 nitrogen and oxygen atoms in total. The largest absolute Gasteiger partial charge is 0.497 e. The zero-order valence-corrected chi connectivity index (χ0v) is 15.2. The first-order valence-electron chi connectivity index (χ1n) is 7.19. The Morgan fingerprint density at radius 2 is 1.92 bits per heavy atom. The number of thioether (sulfide) groups is 1. The Kier molecular flexibility index (Phi) is 5.26. The minimum atomic E-state index is -4.01. The Bertz CT molecular complexity index is 746. The molecule has 9 heteroatoms. The molecule has 132 valence electrons. The van der Waals surface area contributed by atoms with Gasteiger partial charge in [0.25, 0.3) is 0 Å². The summed E-state index contributed by atoms with van der Waals surface area (Å²) < 4.78 is 31.8. The molecule has 0 saturated carbocycles. The SMILES string of the molecule is COc1ccc(S(=O)(=O)N2CC(SC(C)=O)CC2(C)C(=O)O)cc1. The quantitative estimate of drug-likeness (QED) is 0.836. The van der Waals surface area contributed by atoms with Crippen LogP contribution in [0, 0.1) is 0 Å². The average molecular weight is 373 g/mol. The average Bonchev–Trinajstić information content (AvgIpc) is 2.85. The first-order chi connectivity index (χ1) is 11.1. The highest BCUT2D eigenvalue weighted by atomic mass is 32.2. The number of sulfonamides is 1. The molecular weight excluding hydrogens is 354 g/mol. The molecule has 0 aliphatic carbocycles. The van der Waals surface area contributed by atoms with Crippen molar-refractivity contribution in [2.24, 2.45) is 0 Å². The highest BCUT2D eigenvalue weighted by Crippen LogP contribution is 2.39. The molecule has 2 atom stereocenters. The van der Waals surface area contributed by atoms with Gasteiger partial charge in [-0.05, 0) is 37.6 Å². The molecular formula is C15H19NO6S2. The molecule has 2 unspecified atom stereocenters. The number of ether oxygens (including phenoxy) is 1. The van der Waals surface area contributed by atoms with Crippen molar-refractivity contribution in [2.45, 2.75) is 36.0 Å². The van der Waals surface area contributed by atoms with E-state index in [4.69, 9.17) is 4.74 Å². The minimum Gasteiger partial charge on any atom is -0.497 e. The van der Waals surface area contributed by atoms with Crippen molar-refractivity contribution in [1.29, 1.82) is 0 Å². The van der Waals surface area contributed by atoms with Crippen LogP contribution in [-0.2, 0) is 19.6 Å². The lowest BCUT2D eigenvalue weighted by Crippen LogP contribution is -2.50. The fourth-order valence-electron chi connectivity index (χ4n) is 2.74. The maximum atomic E-state index is 12.9. The van der Waals surface area contributed by atoms with Gasteiger partial charge in [-0.2, -0.15) is 4.31 Å². The lowest BCUT2D eigenvalue weighted by Gasteiger charge is -2.30. The van der Waals surface area contributed by atoms with Crippen LogP contribution in [0.1, 0.15) is 20.3 Å². The van der Waals surface area contributed by atoms with Gasteiger partial charge in [0.1, 0.15) is 11.3 Å². The van der Waals surface area contributed by atoms with Gasteiger partial charge in [-0.15, -0.1) is 0 Å². The van der Waals surface area contributed by atoms with Crippen molar-refractivity contribution >= 4 is 32.9 Å². The number of carbonyl (C=O) groups excluding carboxylic acids is 1. The number of nitrogens with zero attached hydrogens (tertiary/aromatic N) is 1. The van der Waals surface area contributed by atoms with Crippen LogP contribution >= 0.6 is 11.8 Å². The summed E-state index contributed by atoms with van der Waals surface area (Å²) in [6.45, 7) is 2.72. The number of aliphatic carboxylic acids is 1. The van der Waals surface area contributed by atoms with Gasteiger partial charge in [0.05, 0.1) is 12.0 Å². The van der Waals surface area contributed by atoms with E-state index in [-0.39, 0.29) is 23.0 Å². The van der Waals surface area contributed by atoms with E-state index in [0.717, 1.165) is 16.1 Å². The molecule has 1 heterocycles. The molecule has 1 saturated heterocycles. The van der Waals surface area contributed by atoms with Crippen molar-refractivity contribution in [3.8, 4) is 5.75 Å². The van der Waals surface area contributed by atoms with Gasteiger partial charge >= 0.3 is 5.97 Å². The summed E-state index contributed by atoms with van der Waals surface area (Å²) in [6.07, 6.45) is 0.0714. The molecule has 1 N–H and O–H groups in total. The number of carbonyl (C=O) groups is 2. The third-order valence-corrected chi connectivity index (χ3v) is 6.97. The summed E-state index contributed by atoms with van der Waals surface area (Å²) in [5.74, 6) is -0.729.